The van der Waals surface area contributed by atoms with Gasteiger partial charge in [-0.3, -0.25) is 9.59 Å². The fraction of sp³-hybridized carbons (Fsp3) is 0.250. The summed E-state index contributed by atoms with van der Waals surface area (Å²) >= 11 is 0. The first-order valence-electron chi connectivity index (χ1n) is 6.63. The number of aromatic nitrogens is 1. The number of hydrogen-bond donors (Lipinski definition) is 0. The predicted molar refractivity (Wildman–Crippen MR) is 76.0 cm³/mol. The van der Waals surface area contributed by atoms with Gasteiger partial charge in [-0.05, 0) is 43.3 Å². The van der Waals surface area contributed by atoms with Crippen LogP contribution in [0.3, 0.4) is 0 Å². The molecule has 0 saturated carbocycles. The Morgan fingerprint density at radius 1 is 1.05 bits per heavy atom. The highest BCUT2D eigenvalue weighted by atomic mass is 16.5. The van der Waals surface area contributed by atoms with Crippen LogP contribution in [0.1, 0.15) is 30.1 Å². The van der Waals surface area contributed by atoms with Gasteiger partial charge in [-0.2, -0.15) is 0 Å². The van der Waals surface area contributed by atoms with Crippen LogP contribution in [0.15, 0.2) is 48.8 Å². The number of ketones is 1. The van der Waals surface area contributed by atoms with E-state index in [0.29, 0.717) is 12.2 Å². The topological polar surface area (TPSA) is 48.3 Å². The zero-order valence-corrected chi connectivity index (χ0v) is 11.4. The minimum Gasteiger partial charge on any atom is -0.466 e. The number of ether oxygens (including phenoxy) is 1. The number of benzene rings is 1. The molecule has 0 bridgehead atoms. The van der Waals surface area contributed by atoms with E-state index in [1.54, 1.807) is 19.1 Å². The van der Waals surface area contributed by atoms with Crippen LogP contribution < -0.4 is 0 Å². The summed E-state index contributed by atoms with van der Waals surface area (Å²) in [6.07, 6.45) is 4.20. The average molecular weight is 271 g/mol. The molecule has 2 aromatic rings. The molecule has 2 rings (SSSR count). The van der Waals surface area contributed by atoms with Crippen molar-refractivity contribution in [3.8, 4) is 5.69 Å². The molecule has 4 nitrogen and oxygen atoms in total. The molecule has 0 atom stereocenters. The summed E-state index contributed by atoms with van der Waals surface area (Å²) in [5.74, 6) is -0.373. The van der Waals surface area contributed by atoms with Crippen LogP contribution in [-0.2, 0) is 9.53 Å². The van der Waals surface area contributed by atoms with Gasteiger partial charge in [-0.15, -0.1) is 0 Å². The molecular formula is C16H17NO3. The Labute approximate surface area is 118 Å². The minimum absolute atomic E-state index is 0.0443. The van der Waals surface area contributed by atoms with Gasteiger partial charge in [0.2, 0.25) is 0 Å². The largest absolute Gasteiger partial charge is 0.466 e. The molecule has 4 heteroatoms. The lowest BCUT2D eigenvalue weighted by Gasteiger charge is -2.05. The molecule has 0 spiro atoms. The zero-order valence-electron chi connectivity index (χ0n) is 11.4. The molecule has 0 fully saturated rings. The van der Waals surface area contributed by atoms with E-state index < -0.39 is 0 Å². The van der Waals surface area contributed by atoms with Gasteiger partial charge in [0.25, 0.3) is 0 Å². The molecule has 104 valence electrons. The van der Waals surface area contributed by atoms with Crippen molar-refractivity contribution >= 4 is 11.8 Å². The molecule has 0 N–H and O–H groups in total. The van der Waals surface area contributed by atoms with Crippen LogP contribution in [0, 0.1) is 0 Å². The van der Waals surface area contributed by atoms with E-state index >= 15 is 0 Å². The van der Waals surface area contributed by atoms with Gasteiger partial charge in [-0.25, -0.2) is 0 Å². The molecule has 1 aromatic carbocycles. The number of Topliss-reactive ketones (excluding diaryl/α,β-unsaturated/α-hetero) is 1. The van der Waals surface area contributed by atoms with Gasteiger partial charge in [0.15, 0.2) is 5.78 Å². The van der Waals surface area contributed by atoms with E-state index in [1.807, 2.05) is 41.2 Å². The molecule has 0 unspecified atom stereocenters. The first-order chi connectivity index (χ1) is 9.70. The van der Waals surface area contributed by atoms with Crippen molar-refractivity contribution in [2.24, 2.45) is 0 Å². The Balaban J connectivity index is 1.96. The number of esters is 1. The summed E-state index contributed by atoms with van der Waals surface area (Å²) in [5, 5.41) is 0. The zero-order chi connectivity index (χ0) is 14.4. The summed E-state index contributed by atoms with van der Waals surface area (Å²) in [7, 11) is 0. The van der Waals surface area contributed by atoms with Gasteiger partial charge >= 0.3 is 5.97 Å². The second kappa shape index (κ2) is 6.70. The third-order valence-electron chi connectivity index (χ3n) is 2.95. The van der Waals surface area contributed by atoms with Crippen molar-refractivity contribution in [2.45, 2.75) is 19.8 Å². The van der Waals surface area contributed by atoms with E-state index in [9.17, 15) is 9.59 Å². The van der Waals surface area contributed by atoms with Gasteiger partial charge < -0.3 is 9.30 Å². The number of hydrogen-bond acceptors (Lipinski definition) is 3. The van der Waals surface area contributed by atoms with Crippen LogP contribution in [0.2, 0.25) is 0 Å². The van der Waals surface area contributed by atoms with E-state index in [1.165, 1.54) is 0 Å². The molecule has 0 aliphatic rings. The summed E-state index contributed by atoms with van der Waals surface area (Å²) in [5.41, 5.74) is 1.61. The Hall–Kier alpha value is -2.36. The molecule has 0 aliphatic carbocycles. The van der Waals surface area contributed by atoms with E-state index in [2.05, 4.69) is 0 Å². The van der Waals surface area contributed by atoms with Crippen LogP contribution in [0.5, 0.6) is 0 Å². The highest BCUT2D eigenvalue weighted by molar-refractivity contribution is 5.97. The molecule has 0 saturated heterocycles. The van der Waals surface area contributed by atoms with Gasteiger partial charge in [-0.1, -0.05) is 0 Å². The molecular weight excluding hydrogens is 254 g/mol. The summed E-state index contributed by atoms with van der Waals surface area (Å²) in [4.78, 5) is 23.1. The maximum atomic E-state index is 11.9. The Kier molecular flexibility index (Phi) is 4.71. The summed E-state index contributed by atoms with van der Waals surface area (Å²) in [6, 6.07) is 11.2. The van der Waals surface area contributed by atoms with Crippen LogP contribution in [-0.4, -0.2) is 22.9 Å². The number of carbonyl (C=O) groups excluding carboxylic acids is 2. The van der Waals surface area contributed by atoms with Crippen molar-refractivity contribution in [1.82, 2.24) is 4.57 Å². The van der Waals surface area contributed by atoms with Crippen molar-refractivity contribution < 1.29 is 14.3 Å². The molecule has 0 amide bonds. The fourth-order valence-electron chi connectivity index (χ4n) is 1.92. The first-order valence-corrected chi connectivity index (χ1v) is 6.63. The Bertz CT molecular complexity index is 570. The molecule has 1 heterocycles. The normalized spacial score (nSPS) is 10.2. The van der Waals surface area contributed by atoms with Crippen molar-refractivity contribution in [2.75, 3.05) is 6.61 Å². The standard InChI is InChI=1S/C16H17NO3/c1-2-20-16(19)10-9-15(18)13-5-7-14(8-6-13)17-11-3-4-12-17/h3-8,11-12H,2,9-10H2,1H3. The monoisotopic (exact) mass is 271 g/mol. The summed E-state index contributed by atoms with van der Waals surface area (Å²) in [6.45, 7) is 2.10. The van der Waals surface area contributed by atoms with Crippen molar-refractivity contribution in [3.63, 3.8) is 0 Å². The maximum absolute atomic E-state index is 11.9. The quantitative estimate of drug-likeness (QED) is 0.599. The lowest BCUT2D eigenvalue weighted by atomic mass is 10.1. The van der Waals surface area contributed by atoms with Crippen LogP contribution in [0.4, 0.5) is 0 Å². The van der Waals surface area contributed by atoms with E-state index in [-0.39, 0.29) is 24.6 Å². The molecule has 20 heavy (non-hydrogen) atoms. The Morgan fingerprint density at radius 3 is 2.30 bits per heavy atom. The second-order valence-electron chi connectivity index (χ2n) is 4.37. The first kappa shape index (κ1) is 14.1. The highest BCUT2D eigenvalue weighted by Crippen LogP contribution is 2.12. The third kappa shape index (κ3) is 3.57. The van der Waals surface area contributed by atoms with Gasteiger partial charge in [0.05, 0.1) is 13.0 Å². The van der Waals surface area contributed by atoms with E-state index in [0.717, 1.165) is 5.69 Å². The lowest BCUT2D eigenvalue weighted by molar-refractivity contribution is -0.143. The van der Waals surface area contributed by atoms with Crippen LogP contribution >= 0.6 is 0 Å². The SMILES string of the molecule is CCOC(=O)CCC(=O)c1ccc(-n2cccc2)cc1. The molecule has 0 radical (unpaired) electrons. The average Bonchev–Trinajstić information content (AvgIpc) is 2.99. The molecule has 0 aliphatic heterocycles. The van der Waals surface area contributed by atoms with Crippen molar-refractivity contribution in [1.29, 1.82) is 0 Å². The maximum Gasteiger partial charge on any atom is 0.306 e. The van der Waals surface area contributed by atoms with E-state index in [4.69, 9.17) is 4.74 Å². The number of rotatable bonds is 6. The number of carbonyl (C=O) groups is 2. The van der Waals surface area contributed by atoms with Crippen molar-refractivity contribution in [3.05, 3.63) is 54.4 Å². The third-order valence-corrected chi connectivity index (χ3v) is 2.95. The Morgan fingerprint density at radius 2 is 1.70 bits per heavy atom. The van der Waals surface area contributed by atoms with Crippen LogP contribution in [0.25, 0.3) is 5.69 Å². The highest BCUT2D eigenvalue weighted by Gasteiger charge is 2.09. The second-order valence-corrected chi connectivity index (χ2v) is 4.37. The van der Waals surface area contributed by atoms with Gasteiger partial charge in [0.1, 0.15) is 0 Å². The predicted octanol–water partition coefficient (Wildman–Crippen LogP) is 3.00. The summed E-state index contributed by atoms with van der Waals surface area (Å²) < 4.78 is 6.77. The van der Waals surface area contributed by atoms with Gasteiger partial charge in [0, 0.05) is 30.1 Å². The fourth-order valence-corrected chi connectivity index (χ4v) is 1.92. The minimum atomic E-state index is -0.329. The lowest BCUT2D eigenvalue weighted by Crippen LogP contribution is -2.08. The number of nitrogens with zero attached hydrogens (tertiary/aromatic N) is 1. The smallest absolute Gasteiger partial charge is 0.306 e. The molecule has 1 aromatic heterocycles.